The first-order valence-corrected chi connectivity index (χ1v) is 4.39. The Morgan fingerprint density at radius 1 is 1.58 bits per heavy atom. The molecule has 0 saturated heterocycles. The normalized spacial score (nSPS) is 17.9. The van der Waals surface area contributed by atoms with Crippen LogP contribution < -0.4 is 0 Å². The molecule has 0 aliphatic carbocycles. The minimum Gasteiger partial charge on any atom is -0.394 e. The van der Waals surface area contributed by atoms with Crippen LogP contribution in [-0.4, -0.2) is 40.9 Å². The van der Waals surface area contributed by atoms with E-state index in [0.717, 1.165) is 0 Å². The van der Waals surface area contributed by atoms with Crippen LogP contribution in [0.5, 0.6) is 0 Å². The second-order valence-corrected chi connectivity index (χ2v) is 3.21. The van der Waals surface area contributed by atoms with Gasteiger partial charge in [-0.25, -0.2) is 4.57 Å². The molecule has 8 heteroatoms. The van der Waals surface area contributed by atoms with Gasteiger partial charge in [-0.05, 0) is 0 Å². The molecule has 0 aromatic carbocycles. The second kappa shape index (κ2) is 5.23. The number of rotatable bonds is 6. The summed E-state index contributed by atoms with van der Waals surface area (Å²) in [6, 6.07) is 0. The molecule has 0 aliphatic rings. The summed E-state index contributed by atoms with van der Waals surface area (Å²) >= 11 is 0. The zero-order valence-electron chi connectivity index (χ0n) is 5.99. The van der Waals surface area contributed by atoms with Gasteiger partial charge in [-0.3, -0.25) is 14.2 Å². The fraction of sp³-hybridized carbons (Fsp3) is 0.750. The van der Waals surface area contributed by atoms with E-state index in [1.807, 2.05) is 0 Å². The standard InChI is InChI=1S/C4H9O7P/c5-1-4(7)2-10-12(8,9)11-3-6/h3-5,7H,1-2H2,(H,8,9). The van der Waals surface area contributed by atoms with E-state index in [1.165, 1.54) is 0 Å². The first kappa shape index (κ1) is 11.5. The molecule has 0 bridgehead atoms. The van der Waals surface area contributed by atoms with Crippen molar-refractivity contribution in [1.29, 1.82) is 0 Å². The molecule has 0 fully saturated rings. The predicted molar refractivity (Wildman–Crippen MR) is 36.0 cm³/mol. The largest absolute Gasteiger partial charge is 0.529 e. The molecule has 12 heavy (non-hydrogen) atoms. The molecule has 7 nitrogen and oxygen atoms in total. The molecule has 2 unspecified atom stereocenters. The minimum atomic E-state index is -4.40. The summed E-state index contributed by atoms with van der Waals surface area (Å²) in [5.41, 5.74) is 0. The quantitative estimate of drug-likeness (QED) is 0.358. The highest BCUT2D eigenvalue weighted by Gasteiger charge is 2.22. The Bertz CT molecular complexity index is 180. The summed E-state index contributed by atoms with van der Waals surface area (Å²) in [5.74, 6) is 0. The molecule has 0 spiro atoms. The Morgan fingerprint density at radius 2 is 2.17 bits per heavy atom. The van der Waals surface area contributed by atoms with Gasteiger partial charge in [0.1, 0.15) is 6.10 Å². The number of aliphatic hydroxyl groups excluding tert-OH is 2. The van der Waals surface area contributed by atoms with Crippen LogP contribution in [0.15, 0.2) is 0 Å². The molecule has 0 heterocycles. The zero-order valence-corrected chi connectivity index (χ0v) is 6.89. The van der Waals surface area contributed by atoms with E-state index in [0.29, 0.717) is 0 Å². The Hall–Kier alpha value is -0.460. The van der Waals surface area contributed by atoms with Crippen molar-refractivity contribution in [3.63, 3.8) is 0 Å². The Kier molecular flexibility index (Phi) is 5.03. The van der Waals surface area contributed by atoms with Gasteiger partial charge in [0.05, 0.1) is 13.2 Å². The zero-order chi connectivity index (χ0) is 9.61. The molecule has 0 saturated carbocycles. The van der Waals surface area contributed by atoms with E-state index in [-0.39, 0.29) is 6.47 Å². The van der Waals surface area contributed by atoms with E-state index in [9.17, 15) is 9.36 Å². The van der Waals surface area contributed by atoms with Crippen LogP contribution in [0.25, 0.3) is 0 Å². The summed E-state index contributed by atoms with van der Waals surface area (Å²) in [6.45, 7) is -1.44. The summed E-state index contributed by atoms with van der Waals surface area (Å²) in [6.07, 6.45) is -1.28. The van der Waals surface area contributed by atoms with Gasteiger partial charge in [0.2, 0.25) is 0 Å². The fourth-order valence-corrected chi connectivity index (χ4v) is 0.848. The number of aliphatic hydroxyl groups is 2. The van der Waals surface area contributed by atoms with Crippen molar-refractivity contribution >= 4 is 14.3 Å². The second-order valence-electron chi connectivity index (χ2n) is 1.80. The van der Waals surface area contributed by atoms with Gasteiger partial charge in [0.25, 0.3) is 0 Å². The Labute approximate surface area is 68.2 Å². The van der Waals surface area contributed by atoms with Crippen molar-refractivity contribution in [2.75, 3.05) is 13.2 Å². The summed E-state index contributed by atoms with van der Waals surface area (Å²) in [7, 11) is -4.40. The van der Waals surface area contributed by atoms with Crippen molar-refractivity contribution in [3.8, 4) is 0 Å². The average molecular weight is 200 g/mol. The van der Waals surface area contributed by atoms with Gasteiger partial charge in [-0.1, -0.05) is 0 Å². The van der Waals surface area contributed by atoms with Gasteiger partial charge in [-0.2, -0.15) is 0 Å². The monoisotopic (exact) mass is 200 g/mol. The maximum absolute atomic E-state index is 10.5. The van der Waals surface area contributed by atoms with Crippen LogP contribution in [0.4, 0.5) is 0 Å². The van der Waals surface area contributed by atoms with E-state index in [2.05, 4.69) is 9.05 Å². The Morgan fingerprint density at radius 3 is 2.58 bits per heavy atom. The number of phosphoric ester groups is 1. The molecular formula is C4H9O7P. The third-order valence-corrected chi connectivity index (χ3v) is 1.64. The number of carbonyl (C=O) groups is 1. The fourth-order valence-electron chi connectivity index (χ4n) is 0.318. The van der Waals surface area contributed by atoms with Crippen LogP contribution in [0.3, 0.4) is 0 Å². The van der Waals surface area contributed by atoms with Crippen LogP contribution in [-0.2, 0) is 18.4 Å². The smallest absolute Gasteiger partial charge is 0.394 e. The maximum atomic E-state index is 10.5. The Balaban J connectivity index is 3.75. The third-order valence-electron chi connectivity index (χ3n) is 0.817. The molecule has 0 aromatic rings. The third kappa shape index (κ3) is 5.22. The molecule has 0 aromatic heterocycles. The highest BCUT2D eigenvalue weighted by molar-refractivity contribution is 7.47. The van der Waals surface area contributed by atoms with Crippen LogP contribution in [0, 0.1) is 0 Å². The van der Waals surface area contributed by atoms with Gasteiger partial charge in [0.15, 0.2) is 0 Å². The van der Waals surface area contributed by atoms with Crippen molar-refractivity contribution in [2.45, 2.75) is 6.10 Å². The van der Waals surface area contributed by atoms with Gasteiger partial charge in [-0.15, -0.1) is 0 Å². The van der Waals surface area contributed by atoms with Crippen LogP contribution in [0.1, 0.15) is 0 Å². The SMILES string of the molecule is O=COP(=O)(O)OCC(O)CO. The summed E-state index contributed by atoms with van der Waals surface area (Å²) in [4.78, 5) is 18.1. The van der Waals surface area contributed by atoms with Crippen molar-refractivity contribution < 1.29 is 33.5 Å². The van der Waals surface area contributed by atoms with E-state index < -0.39 is 27.1 Å². The molecular weight excluding hydrogens is 191 g/mol. The molecule has 0 radical (unpaired) electrons. The van der Waals surface area contributed by atoms with Crippen LogP contribution >= 0.6 is 7.82 Å². The summed E-state index contributed by atoms with van der Waals surface area (Å²) < 4.78 is 18.2. The minimum absolute atomic E-state index is 0.244. The highest BCUT2D eigenvalue weighted by Crippen LogP contribution is 2.41. The molecule has 0 rings (SSSR count). The molecule has 2 atom stereocenters. The average Bonchev–Trinajstić information content (AvgIpc) is 2.00. The lowest BCUT2D eigenvalue weighted by Gasteiger charge is -2.10. The van der Waals surface area contributed by atoms with Gasteiger partial charge in [0, 0.05) is 0 Å². The van der Waals surface area contributed by atoms with E-state index >= 15 is 0 Å². The van der Waals surface area contributed by atoms with Crippen LogP contribution in [0.2, 0.25) is 0 Å². The number of hydrogen-bond acceptors (Lipinski definition) is 6. The molecule has 72 valence electrons. The first-order valence-electron chi connectivity index (χ1n) is 2.90. The van der Waals surface area contributed by atoms with Crippen molar-refractivity contribution in [1.82, 2.24) is 0 Å². The predicted octanol–water partition coefficient (Wildman–Crippen LogP) is -1.37. The lowest BCUT2D eigenvalue weighted by Crippen LogP contribution is -2.18. The van der Waals surface area contributed by atoms with Gasteiger partial charge >= 0.3 is 14.3 Å². The number of phosphoric acid groups is 1. The summed E-state index contributed by atoms with van der Waals surface area (Å²) in [5, 5.41) is 16.9. The topological polar surface area (TPSA) is 113 Å². The number of hydrogen-bond donors (Lipinski definition) is 3. The van der Waals surface area contributed by atoms with Crippen molar-refractivity contribution in [2.24, 2.45) is 0 Å². The van der Waals surface area contributed by atoms with Crippen molar-refractivity contribution in [3.05, 3.63) is 0 Å². The molecule has 0 amide bonds. The first-order chi connectivity index (χ1) is 5.52. The van der Waals surface area contributed by atoms with Gasteiger partial charge < -0.3 is 14.7 Å². The maximum Gasteiger partial charge on any atom is 0.529 e. The van der Waals surface area contributed by atoms with E-state index in [4.69, 9.17) is 15.1 Å². The highest BCUT2D eigenvalue weighted by atomic mass is 31.2. The molecule has 3 N–H and O–H groups in total. The molecule has 0 aliphatic heterocycles. The lowest BCUT2D eigenvalue weighted by molar-refractivity contribution is -0.122. The van der Waals surface area contributed by atoms with E-state index in [1.54, 1.807) is 0 Å². The lowest BCUT2D eigenvalue weighted by atomic mass is 10.4. The number of carbonyl (C=O) groups excluding carboxylic acids is 1.